The number of nitrogens with one attached hydrogen (secondary N) is 1. The van der Waals surface area contributed by atoms with Crippen LogP contribution in [0.25, 0.3) is 6.08 Å². The number of aryl methyl sites for hydroxylation is 2. The minimum Gasteiger partial charge on any atom is -0.492 e. The van der Waals surface area contributed by atoms with E-state index < -0.39 is 0 Å². The van der Waals surface area contributed by atoms with Gasteiger partial charge in [-0.2, -0.15) is 10.2 Å². The first kappa shape index (κ1) is 23.3. The van der Waals surface area contributed by atoms with Crippen LogP contribution in [0.1, 0.15) is 22.4 Å². The summed E-state index contributed by atoms with van der Waals surface area (Å²) in [5.74, 6) is 0.375. The maximum Gasteiger partial charge on any atom is 0.248 e. The molecule has 174 valence electrons. The molecule has 8 nitrogen and oxygen atoms in total. The van der Waals surface area contributed by atoms with Gasteiger partial charge in [0.1, 0.15) is 30.2 Å². The Kier molecular flexibility index (Phi) is 7.39. The highest BCUT2D eigenvalue weighted by Crippen LogP contribution is 2.23. The Balaban J connectivity index is 1.35. The first-order valence-electron chi connectivity index (χ1n) is 10.8. The van der Waals surface area contributed by atoms with Crippen molar-refractivity contribution in [2.75, 3.05) is 11.9 Å². The molecular formula is C25H25ClN6O2. The molecule has 4 rings (SSSR count). The lowest BCUT2D eigenvalue weighted by atomic mass is 10.1. The molecule has 0 saturated heterocycles. The van der Waals surface area contributed by atoms with Crippen molar-refractivity contribution in [3.63, 3.8) is 0 Å². The summed E-state index contributed by atoms with van der Waals surface area (Å²) in [6.07, 6.45) is 6.24. The summed E-state index contributed by atoms with van der Waals surface area (Å²) < 4.78 is 9.16. The predicted molar refractivity (Wildman–Crippen MR) is 132 cm³/mol. The lowest BCUT2D eigenvalue weighted by molar-refractivity contribution is -0.111. The molecule has 0 radical (unpaired) electrons. The minimum absolute atomic E-state index is 0.276. The van der Waals surface area contributed by atoms with Gasteiger partial charge in [-0.05, 0) is 37.6 Å². The molecule has 0 saturated carbocycles. The second-order valence-electron chi connectivity index (χ2n) is 7.79. The van der Waals surface area contributed by atoms with Crippen LogP contribution >= 0.6 is 11.6 Å². The highest BCUT2D eigenvalue weighted by Gasteiger charge is 2.12. The van der Waals surface area contributed by atoms with Crippen molar-refractivity contribution in [2.24, 2.45) is 0 Å². The first-order chi connectivity index (χ1) is 16.5. The molecule has 0 aliphatic carbocycles. The minimum atomic E-state index is -0.276. The monoisotopic (exact) mass is 476 g/mol. The molecule has 1 N–H and O–H groups in total. The smallest absolute Gasteiger partial charge is 0.248 e. The summed E-state index contributed by atoms with van der Waals surface area (Å²) in [4.78, 5) is 16.4. The summed E-state index contributed by atoms with van der Waals surface area (Å²) in [5, 5.41) is 11.9. The molecule has 2 aromatic carbocycles. The van der Waals surface area contributed by atoms with Crippen LogP contribution in [-0.4, -0.2) is 37.1 Å². The lowest BCUT2D eigenvalue weighted by Gasteiger charge is -2.08. The molecule has 0 aliphatic heterocycles. The Morgan fingerprint density at radius 2 is 2.00 bits per heavy atom. The zero-order valence-electron chi connectivity index (χ0n) is 19.0. The third-order valence-corrected chi connectivity index (χ3v) is 5.52. The van der Waals surface area contributed by atoms with Crippen molar-refractivity contribution in [3.8, 4) is 5.75 Å². The highest BCUT2D eigenvalue weighted by molar-refractivity contribution is 6.31. The molecule has 1 amide bonds. The van der Waals surface area contributed by atoms with E-state index in [1.54, 1.807) is 33.9 Å². The molecule has 34 heavy (non-hydrogen) atoms. The number of amides is 1. The average molecular weight is 477 g/mol. The van der Waals surface area contributed by atoms with Crippen molar-refractivity contribution in [1.82, 2.24) is 24.5 Å². The average Bonchev–Trinajstić information content (AvgIpc) is 3.42. The molecule has 4 aromatic rings. The predicted octanol–water partition coefficient (Wildman–Crippen LogP) is 4.52. The second-order valence-corrected chi connectivity index (χ2v) is 8.15. The zero-order valence-corrected chi connectivity index (χ0v) is 19.7. The van der Waals surface area contributed by atoms with E-state index >= 15 is 0 Å². The number of benzene rings is 2. The Morgan fingerprint density at radius 1 is 1.18 bits per heavy atom. The molecule has 0 atom stereocenters. The molecule has 9 heteroatoms. The Hall–Kier alpha value is -3.91. The summed E-state index contributed by atoms with van der Waals surface area (Å²) in [5.41, 5.74) is 4.40. The van der Waals surface area contributed by atoms with E-state index in [-0.39, 0.29) is 5.91 Å². The molecule has 0 spiro atoms. The number of carbonyl (C=O) groups excluding carboxylic acids is 1. The van der Waals surface area contributed by atoms with E-state index in [1.807, 2.05) is 26.0 Å². The van der Waals surface area contributed by atoms with Crippen molar-refractivity contribution < 1.29 is 9.53 Å². The number of ether oxygens (including phenoxy) is 1. The molecule has 2 aromatic heterocycles. The lowest BCUT2D eigenvalue weighted by Crippen LogP contribution is -2.10. The first-order valence-corrected chi connectivity index (χ1v) is 11.2. The van der Waals surface area contributed by atoms with Crippen LogP contribution in [-0.2, 0) is 17.9 Å². The van der Waals surface area contributed by atoms with Crippen molar-refractivity contribution >= 4 is 29.3 Å². The van der Waals surface area contributed by atoms with Gasteiger partial charge in [0, 0.05) is 23.4 Å². The van der Waals surface area contributed by atoms with Gasteiger partial charge in [-0.25, -0.2) is 14.3 Å². The topological polar surface area (TPSA) is 86.9 Å². The number of nitrogens with zero attached hydrogens (tertiary/aromatic N) is 5. The quantitative estimate of drug-likeness (QED) is 0.359. The fraction of sp³-hybridized carbons (Fsp3) is 0.200. The van der Waals surface area contributed by atoms with Crippen LogP contribution in [0.3, 0.4) is 0 Å². The maximum absolute atomic E-state index is 12.5. The van der Waals surface area contributed by atoms with Gasteiger partial charge in [0.2, 0.25) is 5.91 Å². The maximum atomic E-state index is 12.5. The largest absolute Gasteiger partial charge is 0.492 e. The summed E-state index contributed by atoms with van der Waals surface area (Å²) >= 11 is 6.55. The van der Waals surface area contributed by atoms with Crippen LogP contribution in [0.15, 0.2) is 67.3 Å². The third kappa shape index (κ3) is 6.11. The van der Waals surface area contributed by atoms with Crippen LogP contribution in [0.2, 0.25) is 5.15 Å². The third-order valence-electron chi connectivity index (χ3n) is 5.12. The van der Waals surface area contributed by atoms with Crippen molar-refractivity contribution in [1.29, 1.82) is 0 Å². The molecular weight excluding hydrogens is 452 g/mol. The van der Waals surface area contributed by atoms with Gasteiger partial charge in [0.15, 0.2) is 0 Å². The van der Waals surface area contributed by atoms with Crippen LogP contribution < -0.4 is 10.1 Å². The van der Waals surface area contributed by atoms with Gasteiger partial charge in [0.05, 0.1) is 18.8 Å². The molecule has 0 unspecified atom stereocenters. The fourth-order valence-corrected chi connectivity index (χ4v) is 3.64. The molecule has 2 heterocycles. The van der Waals surface area contributed by atoms with Crippen LogP contribution in [0.4, 0.5) is 5.69 Å². The Morgan fingerprint density at radius 3 is 2.76 bits per heavy atom. The van der Waals surface area contributed by atoms with E-state index in [4.69, 9.17) is 16.3 Å². The number of hydrogen-bond donors (Lipinski definition) is 1. The number of halogens is 1. The number of carbonyl (C=O) groups is 1. The number of anilines is 1. The molecule has 0 aliphatic rings. The van der Waals surface area contributed by atoms with Gasteiger partial charge in [-0.15, -0.1) is 0 Å². The highest BCUT2D eigenvalue weighted by atomic mass is 35.5. The Bertz CT molecular complexity index is 1280. The van der Waals surface area contributed by atoms with E-state index in [2.05, 4.69) is 44.8 Å². The molecule has 0 bridgehead atoms. The summed E-state index contributed by atoms with van der Waals surface area (Å²) in [6, 6.07) is 15.4. The second kappa shape index (κ2) is 10.8. The number of hydrogen-bond acceptors (Lipinski definition) is 5. The SMILES string of the molecule is Cc1ccc(Cn2nc(C)c(/C=C/C(=O)Nc3cccc(OCCn4cncn4)c3)c2Cl)cc1. The number of rotatable bonds is 9. The van der Waals surface area contributed by atoms with Gasteiger partial charge in [0.25, 0.3) is 0 Å². The fourth-order valence-electron chi connectivity index (χ4n) is 3.34. The van der Waals surface area contributed by atoms with Crippen LogP contribution in [0, 0.1) is 13.8 Å². The van der Waals surface area contributed by atoms with Gasteiger partial charge in [-0.1, -0.05) is 47.5 Å². The molecule has 0 fully saturated rings. The van der Waals surface area contributed by atoms with Gasteiger partial charge in [-0.3, -0.25) is 4.79 Å². The van der Waals surface area contributed by atoms with Crippen molar-refractivity contribution in [3.05, 3.63) is 94.8 Å². The normalized spacial score (nSPS) is 11.1. The summed E-state index contributed by atoms with van der Waals surface area (Å²) in [6.45, 7) is 5.49. The van der Waals surface area contributed by atoms with E-state index in [9.17, 15) is 4.79 Å². The van der Waals surface area contributed by atoms with E-state index in [1.165, 1.54) is 18.0 Å². The zero-order chi connectivity index (χ0) is 23.9. The van der Waals surface area contributed by atoms with Crippen LogP contribution in [0.5, 0.6) is 5.75 Å². The van der Waals surface area contributed by atoms with E-state index in [0.717, 1.165) is 11.3 Å². The standard InChI is InChI=1S/C25H25ClN6O2/c1-18-6-8-20(9-7-18)15-32-25(26)23(19(2)30-32)10-11-24(33)29-21-4-3-5-22(14-21)34-13-12-31-17-27-16-28-31/h3-11,14,16-17H,12-13,15H2,1-2H3,(H,29,33)/b11-10+. The summed E-state index contributed by atoms with van der Waals surface area (Å²) in [7, 11) is 0. The van der Waals surface area contributed by atoms with Gasteiger partial charge >= 0.3 is 0 Å². The Labute approximate surface area is 202 Å². The number of aromatic nitrogens is 5. The van der Waals surface area contributed by atoms with Crippen molar-refractivity contribution in [2.45, 2.75) is 26.9 Å². The van der Waals surface area contributed by atoms with E-state index in [0.29, 0.717) is 41.8 Å². The van der Waals surface area contributed by atoms with Gasteiger partial charge < -0.3 is 10.1 Å².